The molecule has 2 aromatic rings. The molecule has 2 heterocycles. The highest BCUT2D eigenvalue weighted by molar-refractivity contribution is 5.95. The van der Waals surface area contributed by atoms with Crippen molar-refractivity contribution in [2.45, 2.75) is 12.5 Å². The Balaban J connectivity index is 2.07. The summed E-state index contributed by atoms with van der Waals surface area (Å²) in [5, 5.41) is 11.6. The van der Waals surface area contributed by atoms with Crippen molar-refractivity contribution in [2.24, 2.45) is 7.05 Å². The van der Waals surface area contributed by atoms with Crippen molar-refractivity contribution in [1.29, 1.82) is 0 Å². The number of carbonyl (C=O) groups is 2. The maximum Gasteiger partial charge on any atom is 0.326 e. The quantitative estimate of drug-likeness (QED) is 0.715. The fourth-order valence-electron chi connectivity index (χ4n) is 1.75. The molecule has 0 fully saturated rings. The molecule has 0 spiro atoms. The summed E-state index contributed by atoms with van der Waals surface area (Å²) in [6.07, 6.45) is 4.88. The van der Waals surface area contributed by atoms with E-state index in [2.05, 4.69) is 15.3 Å². The van der Waals surface area contributed by atoms with Gasteiger partial charge in [-0.3, -0.25) is 4.79 Å². The lowest BCUT2D eigenvalue weighted by Gasteiger charge is -2.13. The minimum absolute atomic E-state index is 0.158. The summed E-state index contributed by atoms with van der Waals surface area (Å²) < 4.78 is 1.63. The zero-order valence-corrected chi connectivity index (χ0v) is 10.3. The van der Waals surface area contributed by atoms with Crippen molar-refractivity contribution in [3.8, 4) is 0 Å². The number of rotatable bonds is 5. The first-order valence-corrected chi connectivity index (χ1v) is 5.70. The van der Waals surface area contributed by atoms with E-state index in [4.69, 9.17) is 5.11 Å². The number of amides is 1. The van der Waals surface area contributed by atoms with Crippen LogP contribution >= 0.6 is 0 Å². The van der Waals surface area contributed by atoms with Gasteiger partial charge in [-0.15, -0.1) is 0 Å². The summed E-state index contributed by atoms with van der Waals surface area (Å²) in [5.74, 6) is -1.50. The molecule has 2 aromatic heterocycles. The Hall–Kier alpha value is -2.57. The second-order valence-electron chi connectivity index (χ2n) is 4.15. The topological polar surface area (TPSA) is 100 Å². The molecule has 0 aliphatic carbocycles. The van der Waals surface area contributed by atoms with E-state index in [1.54, 1.807) is 29.9 Å². The van der Waals surface area contributed by atoms with Gasteiger partial charge in [0.25, 0.3) is 5.91 Å². The second-order valence-corrected chi connectivity index (χ2v) is 4.15. The van der Waals surface area contributed by atoms with E-state index in [-0.39, 0.29) is 6.42 Å². The number of carboxylic acids is 1. The Bertz CT molecular complexity index is 574. The van der Waals surface area contributed by atoms with Crippen LogP contribution in [0.1, 0.15) is 16.2 Å². The number of H-pyrrole nitrogens is 1. The monoisotopic (exact) mass is 262 g/mol. The highest BCUT2D eigenvalue weighted by atomic mass is 16.4. The number of carbonyl (C=O) groups excluding carboxylic acids is 1. The van der Waals surface area contributed by atoms with Crippen LogP contribution in [0.5, 0.6) is 0 Å². The van der Waals surface area contributed by atoms with Crippen LogP contribution in [-0.2, 0) is 18.3 Å². The third-order valence-electron chi connectivity index (χ3n) is 2.76. The maximum absolute atomic E-state index is 11.9. The van der Waals surface area contributed by atoms with Gasteiger partial charge in [-0.2, -0.15) is 0 Å². The van der Waals surface area contributed by atoms with Crippen LogP contribution in [-0.4, -0.2) is 37.6 Å². The van der Waals surface area contributed by atoms with Gasteiger partial charge in [0.1, 0.15) is 11.7 Å². The van der Waals surface area contributed by atoms with Crippen LogP contribution < -0.4 is 5.32 Å². The average molecular weight is 262 g/mol. The molecular formula is C12H14N4O3. The third kappa shape index (κ3) is 3.01. The zero-order chi connectivity index (χ0) is 13.8. The lowest BCUT2D eigenvalue weighted by atomic mass is 10.1. The van der Waals surface area contributed by atoms with Crippen molar-refractivity contribution in [2.75, 3.05) is 0 Å². The van der Waals surface area contributed by atoms with Crippen molar-refractivity contribution in [1.82, 2.24) is 19.9 Å². The highest BCUT2D eigenvalue weighted by Gasteiger charge is 2.22. The summed E-state index contributed by atoms with van der Waals surface area (Å²) in [6.45, 7) is 0. The first kappa shape index (κ1) is 12.9. The Morgan fingerprint density at radius 1 is 1.58 bits per heavy atom. The average Bonchev–Trinajstić information content (AvgIpc) is 2.99. The predicted octanol–water partition coefficient (Wildman–Crippen LogP) is 0.174. The van der Waals surface area contributed by atoms with E-state index >= 15 is 0 Å². The molecule has 0 aliphatic heterocycles. The molecule has 1 atom stereocenters. The van der Waals surface area contributed by atoms with Crippen LogP contribution in [0.2, 0.25) is 0 Å². The molecule has 3 N–H and O–H groups in total. The lowest BCUT2D eigenvalue weighted by Crippen LogP contribution is -2.42. The van der Waals surface area contributed by atoms with Crippen LogP contribution in [0.25, 0.3) is 0 Å². The van der Waals surface area contributed by atoms with Gasteiger partial charge in [0, 0.05) is 31.6 Å². The molecule has 0 bridgehead atoms. The van der Waals surface area contributed by atoms with Gasteiger partial charge >= 0.3 is 5.97 Å². The van der Waals surface area contributed by atoms with Crippen LogP contribution in [0.4, 0.5) is 0 Å². The van der Waals surface area contributed by atoms with Crippen LogP contribution in [0.3, 0.4) is 0 Å². The summed E-state index contributed by atoms with van der Waals surface area (Å²) in [7, 11) is 1.72. The SMILES string of the molecule is Cn1cccc1C(=O)N[C@H](Cc1cnc[nH]1)C(=O)O. The van der Waals surface area contributed by atoms with Crippen molar-refractivity contribution in [3.63, 3.8) is 0 Å². The molecule has 19 heavy (non-hydrogen) atoms. The first-order chi connectivity index (χ1) is 9.08. The Morgan fingerprint density at radius 2 is 2.37 bits per heavy atom. The molecular weight excluding hydrogens is 248 g/mol. The smallest absolute Gasteiger partial charge is 0.326 e. The zero-order valence-electron chi connectivity index (χ0n) is 10.3. The molecule has 0 aromatic carbocycles. The number of carboxylic acid groups (broad SMARTS) is 1. The minimum Gasteiger partial charge on any atom is -0.480 e. The standard InChI is InChI=1S/C12H14N4O3/c1-16-4-2-3-10(16)11(17)15-9(12(18)19)5-8-6-13-7-14-8/h2-4,6-7,9H,5H2,1H3,(H,13,14)(H,15,17)(H,18,19)/t9-/m1/s1. The van der Waals surface area contributed by atoms with Gasteiger partial charge in [0.15, 0.2) is 0 Å². The number of aryl methyl sites for hydroxylation is 1. The van der Waals surface area contributed by atoms with Gasteiger partial charge in [-0.1, -0.05) is 0 Å². The largest absolute Gasteiger partial charge is 0.480 e. The van der Waals surface area contributed by atoms with Crippen molar-refractivity contribution in [3.05, 3.63) is 42.2 Å². The molecule has 7 heteroatoms. The molecule has 7 nitrogen and oxygen atoms in total. The van der Waals surface area contributed by atoms with Crippen LogP contribution in [0.15, 0.2) is 30.9 Å². The number of nitrogens with one attached hydrogen (secondary N) is 2. The number of imidazole rings is 1. The fourth-order valence-corrected chi connectivity index (χ4v) is 1.75. The summed E-state index contributed by atoms with van der Waals surface area (Å²) in [6, 6.07) is 2.35. The third-order valence-corrected chi connectivity index (χ3v) is 2.76. The van der Waals surface area contributed by atoms with Crippen LogP contribution in [0, 0.1) is 0 Å². The van der Waals surface area contributed by atoms with Gasteiger partial charge in [-0.05, 0) is 12.1 Å². The number of nitrogens with zero attached hydrogens (tertiary/aromatic N) is 2. The second kappa shape index (κ2) is 5.38. The van der Waals surface area contributed by atoms with Gasteiger partial charge < -0.3 is 20.0 Å². The summed E-state index contributed by atoms with van der Waals surface area (Å²) in [4.78, 5) is 29.7. The Morgan fingerprint density at radius 3 is 2.89 bits per heavy atom. The fraction of sp³-hybridized carbons (Fsp3) is 0.250. The van der Waals surface area contributed by atoms with Gasteiger partial charge in [0.05, 0.1) is 6.33 Å². The van der Waals surface area contributed by atoms with Crippen molar-refractivity contribution >= 4 is 11.9 Å². The predicted molar refractivity (Wildman–Crippen MR) is 66.6 cm³/mol. The van der Waals surface area contributed by atoms with E-state index in [0.29, 0.717) is 11.4 Å². The Labute approximate surface area is 109 Å². The molecule has 1 amide bonds. The lowest BCUT2D eigenvalue weighted by molar-refractivity contribution is -0.139. The normalized spacial score (nSPS) is 12.1. The summed E-state index contributed by atoms with van der Waals surface area (Å²) >= 11 is 0. The maximum atomic E-state index is 11.9. The summed E-state index contributed by atoms with van der Waals surface area (Å²) in [5.41, 5.74) is 1.07. The molecule has 0 saturated carbocycles. The number of aromatic nitrogens is 3. The van der Waals surface area contributed by atoms with E-state index in [1.807, 2.05) is 0 Å². The van der Waals surface area contributed by atoms with E-state index in [1.165, 1.54) is 12.5 Å². The molecule has 0 unspecified atom stereocenters. The van der Waals surface area contributed by atoms with E-state index in [9.17, 15) is 9.59 Å². The molecule has 0 saturated heterocycles. The van der Waals surface area contributed by atoms with Gasteiger partial charge in [0.2, 0.25) is 0 Å². The van der Waals surface area contributed by atoms with Gasteiger partial charge in [-0.25, -0.2) is 9.78 Å². The highest BCUT2D eigenvalue weighted by Crippen LogP contribution is 2.03. The number of aromatic amines is 1. The molecule has 2 rings (SSSR count). The Kier molecular flexibility index (Phi) is 3.65. The molecule has 0 radical (unpaired) electrons. The van der Waals surface area contributed by atoms with Crippen molar-refractivity contribution < 1.29 is 14.7 Å². The first-order valence-electron chi connectivity index (χ1n) is 5.70. The molecule has 0 aliphatic rings. The molecule has 100 valence electrons. The number of aliphatic carboxylic acids is 1. The van der Waals surface area contributed by atoms with E-state index < -0.39 is 17.9 Å². The van der Waals surface area contributed by atoms with E-state index in [0.717, 1.165) is 0 Å². The number of hydrogen-bond acceptors (Lipinski definition) is 3. The number of hydrogen-bond donors (Lipinski definition) is 3. The minimum atomic E-state index is -1.09.